The summed E-state index contributed by atoms with van der Waals surface area (Å²) in [5.41, 5.74) is 4.96. The summed E-state index contributed by atoms with van der Waals surface area (Å²) in [7, 11) is 2.00. The van der Waals surface area contributed by atoms with Crippen LogP contribution in [0.3, 0.4) is 0 Å². The maximum Gasteiger partial charge on any atom is 0.0644 e. The Bertz CT molecular complexity index is 531. The van der Waals surface area contributed by atoms with Gasteiger partial charge in [0.1, 0.15) is 0 Å². The number of rotatable bonds is 5. The van der Waals surface area contributed by atoms with E-state index in [-0.39, 0.29) is 0 Å². The lowest BCUT2D eigenvalue weighted by Gasteiger charge is -2.19. The summed E-state index contributed by atoms with van der Waals surface area (Å²) in [6, 6.07) is 4.46. The molecule has 2 heterocycles. The topological polar surface area (TPSA) is 42.7 Å². The smallest absolute Gasteiger partial charge is 0.0644 e. The van der Waals surface area contributed by atoms with E-state index in [2.05, 4.69) is 48.3 Å². The van der Waals surface area contributed by atoms with E-state index in [0.29, 0.717) is 6.04 Å². The van der Waals surface area contributed by atoms with Gasteiger partial charge in [0.25, 0.3) is 0 Å². The van der Waals surface area contributed by atoms with Crippen LogP contribution in [0.1, 0.15) is 35.5 Å². The Hall–Kier alpha value is -1.68. The van der Waals surface area contributed by atoms with Crippen LogP contribution >= 0.6 is 0 Å². The van der Waals surface area contributed by atoms with Gasteiger partial charge in [-0.2, -0.15) is 5.10 Å². The molecule has 0 fully saturated rings. The monoisotopic (exact) mass is 258 g/mol. The predicted octanol–water partition coefficient (Wildman–Crippen LogP) is 2.33. The predicted molar refractivity (Wildman–Crippen MR) is 77.0 cm³/mol. The highest BCUT2D eigenvalue weighted by atomic mass is 15.3. The Labute approximate surface area is 114 Å². The summed E-state index contributed by atoms with van der Waals surface area (Å²) in [6.07, 6.45) is 4.66. The van der Waals surface area contributed by atoms with Crippen molar-refractivity contribution in [3.63, 3.8) is 0 Å². The molecule has 0 saturated carbocycles. The third-order valence-electron chi connectivity index (χ3n) is 3.55. The number of aromatic nitrogens is 3. The molecule has 0 aromatic carbocycles. The number of pyridine rings is 1. The van der Waals surface area contributed by atoms with Gasteiger partial charge in [-0.25, -0.2) is 0 Å². The fourth-order valence-electron chi connectivity index (χ4n) is 2.57. The molecule has 1 atom stereocenters. The first-order chi connectivity index (χ1) is 9.13. The normalized spacial score (nSPS) is 12.6. The Balaban J connectivity index is 2.30. The molecule has 0 bridgehead atoms. The zero-order chi connectivity index (χ0) is 13.8. The van der Waals surface area contributed by atoms with Gasteiger partial charge in [-0.3, -0.25) is 9.67 Å². The lowest BCUT2D eigenvalue weighted by molar-refractivity contribution is 0.544. The number of likely N-dealkylation sites (N-methyl/N-ethyl adjacent to an activating group) is 1. The molecule has 0 aliphatic heterocycles. The van der Waals surface area contributed by atoms with E-state index in [1.54, 1.807) is 0 Å². The summed E-state index contributed by atoms with van der Waals surface area (Å²) < 4.78 is 1.96. The van der Waals surface area contributed by atoms with Crippen molar-refractivity contribution in [3.05, 3.63) is 47.0 Å². The van der Waals surface area contributed by atoms with Gasteiger partial charge in [0.05, 0.1) is 5.69 Å². The molecule has 0 amide bonds. The Morgan fingerprint density at radius 3 is 2.47 bits per heavy atom. The zero-order valence-corrected chi connectivity index (χ0v) is 12.1. The summed E-state index contributed by atoms with van der Waals surface area (Å²) in [5, 5.41) is 8.09. The maximum atomic E-state index is 4.52. The molecule has 4 nitrogen and oxygen atoms in total. The third kappa shape index (κ3) is 3.01. The van der Waals surface area contributed by atoms with Crippen LogP contribution in [-0.4, -0.2) is 21.3 Å². The van der Waals surface area contributed by atoms with Crippen molar-refractivity contribution in [2.24, 2.45) is 7.05 Å². The van der Waals surface area contributed by atoms with Crippen LogP contribution in [0.15, 0.2) is 24.5 Å². The molecule has 2 aromatic heterocycles. The highest BCUT2D eigenvalue weighted by molar-refractivity contribution is 5.30. The highest BCUT2D eigenvalue weighted by Crippen LogP contribution is 2.24. The van der Waals surface area contributed by atoms with E-state index in [9.17, 15) is 0 Å². The number of hydrogen-bond acceptors (Lipinski definition) is 3. The average molecular weight is 258 g/mol. The molecule has 0 aliphatic carbocycles. The molecule has 0 spiro atoms. The standard InChI is InChI=1S/C15H22N4/c1-5-17-14(10-13-6-8-16-9-7-13)15-11(2)18-19(4)12(15)3/h6-9,14,17H,5,10H2,1-4H3. The molecule has 0 saturated heterocycles. The Kier molecular flexibility index (Phi) is 4.32. The van der Waals surface area contributed by atoms with Gasteiger partial charge in [0.15, 0.2) is 0 Å². The fourth-order valence-corrected chi connectivity index (χ4v) is 2.57. The first kappa shape index (κ1) is 13.7. The van der Waals surface area contributed by atoms with Gasteiger partial charge in [-0.05, 0) is 44.5 Å². The van der Waals surface area contributed by atoms with Crippen molar-refractivity contribution < 1.29 is 0 Å². The van der Waals surface area contributed by atoms with Crippen molar-refractivity contribution in [3.8, 4) is 0 Å². The van der Waals surface area contributed by atoms with Crippen molar-refractivity contribution in [1.82, 2.24) is 20.1 Å². The molecule has 4 heteroatoms. The Morgan fingerprint density at radius 1 is 1.26 bits per heavy atom. The average Bonchev–Trinajstić information content (AvgIpc) is 2.64. The molecule has 2 aromatic rings. The molecule has 102 valence electrons. The number of nitrogens with one attached hydrogen (secondary N) is 1. The zero-order valence-electron chi connectivity index (χ0n) is 12.1. The lowest BCUT2D eigenvalue weighted by Crippen LogP contribution is -2.24. The molecular weight excluding hydrogens is 236 g/mol. The van der Waals surface area contributed by atoms with E-state index in [4.69, 9.17) is 0 Å². The lowest BCUT2D eigenvalue weighted by atomic mass is 9.98. The largest absolute Gasteiger partial charge is 0.310 e. The minimum absolute atomic E-state index is 0.307. The van der Waals surface area contributed by atoms with Crippen LogP contribution in [0.4, 0.5) is 0 Å². The first-order valence-corrected chi connectivity index (χ1v) is 6.75. The quantitative estimate of drug-likeness (QED) is 0.895. The summed E-state index contributed by atoms with van der Waals surface area (Å²) in [4.78, 5) is 4.07. The van der Waals surface area contributed by atoms with E-state index in [1.165, 1.54) is 16.8 Å². The van der Waals surface area contributed by atoms with E-state index in [1.807, 2.05) is 24.1 Å². The second-order valence-corrected chi connectivity index (χ2v) is 4.88. The number of nitrogens with zero attached hydrogens (tertiary/aromatic N) is 3. The van der Waals surface area contributed by atoms with Crippen molar-refractivity contribution >= 4 is 0 Å². The van der Waals surface area contributed by atoms with Crippen LogP contribution in [0.25, 0.3) is 0 Å². The Morgan fingerprint density at radius 2 is 1.95 bits per heavy atom. The van der Waals surface area contributed by atoms with Gasteiger partial charge in [-0.1, -0.05) is 6.92 Å². The maximum absolute atomic E-state index is 4.52. The van der Waals surface area contributed by atoms with Crippen molar-refractivity contribution in [2.75, 3.05) is 6.54 Å². The van der Waals surface area contributed by atoms with Crippen molar-refractivity contribution in [1.29, 1.82) is 0 Å². The minimum Gasteiger partial charge on any atom is -0.310 e. The van der Waals surface area contributed by atoms with E-state index in [0.717, 1.165) is 18.7 Å². The number of aryl methyl sites for hydroxylation is 2. The summed E-state index contributed by atoms with van der Waals surface area (Å²) in [5.74, 6) is 0. The first-order valence-electron chi connectivity index (χ1n) is 6.75. The van der Waals surface area contributed by atoms with Crippen LogP contribution < -0.4 is 5.32 Å². The third-order valence-corrected chi connectivity index (χ3v) is 3.55. The molecule has 19 heavy (non-hydrogen) atoms. The SMILES string of the molecule is CCNC(Cc1ccncc1)c1c(C)nn(C)c1C. The molecule has 0 radical (unpaired) electrons. The second kappa shape index (κ2) is 5.97. The second-order valence-electron chi connectivity index (χ2n) is 4.88. The van der Waals surface area contributed by atoms with Gasteiger partial charge in [-0.15, -0.1) is 0 Å². The van der Waals surface area contributed by atoms with Crippen molar-refractivity contribution in [2.45, 2.75) is 33.2 Å². The number of hydrogen-bond donors (Lipinski definition) is 1. The van der Waals surface area contributed by atoms with Crippen LogP contribution in [0.5, 0.6) is 0 Å². The van der Waals surface area contributed by atoms with E-state index >= 15 is 0 Å². The molecular formula is C15H22N4. The van der Waals surface area contributed by atoms with Crippen LogP contribution in [-0.2, 0) is 13.5 Å². The molecule has 0 aliphatic rings. The van der Waals surface area contributed by atoms with Crippen LogP contribution in [0, 0.1) is 13.8 Å². The summed E-state index contributed by atoms with van der Waals surface area (Å²) in [6.45, 7) is 7.30. The van der Waals surface area contributed by atoms with Gasteiger partial charge in [0, 0.05) is 36.7 Å². The molecule has 2 rings (SSSR count). The van der Waals surface area contributed by atoms with Crippen LogP contribution in [0.2, 0.25) is 0 Å². The molecule has 1 unspecified atom stereocenters. The molecule has 1 N–H and O–H groups in total. The van der Waals surface area contributed by atoms with Gasteiger partial charge in [0.2, 0.25) is 0 Å². The minimum atomic E-state index is 0.307. The fraction of sp³-hybridized carbons (Fsp3) is 0.467. The van der Waals surface area contributed by atoms with E-state index < -0.39 is 0 Å². The highest BCUT2D eigenvalue weighted by Gasteiger charge is 2.19. The van der Waals surface area contributed by atoms with Gasteiger partial charge >= 0.3 is 0 Å². The summed E-state index contributed by atoms with van der Waals surface area (Å²) >= 11 is 0. The van der Waals surface area contributed by atoms with Gasteiger partial charge < -0.3 is 5.32 Å².